The highest BCUT2D eigenvalue weighted by atomic mass is 35.5. The van der Waals surface area contributed by atoms with Crippen molar-refractivity contribution in [1.82, 2.24) is 24.6 Å². The molecule has 0 atom stereocenters. The van der Waals surface area contributed by atoms with Crippen molar-refractivity contribution in [3.8, 4) is 22.8 Å². The van der Waals surface area contributed by atoms with Crippen LogP contribution >= 0.6 is 11.6 Å². The molecule has 0 aliphatic heterocycles. The number of carbonyl (C=O) groups excluding carboxylic acids is 1. The normalized spacial score (nSPS) is 10.9. The van der Waals surface area contributed by atoms with E-state index in [1.165, 1.54) is 6.20 Å². The van der Waals surface area contributed by atoms with Crippen molar-refractivity contribution in [2.75, 3.05) is 26.6 Å². The molecule has 0 aliphatic rings. The minimum atomic E-state index is -0.139. The number of hydrogen-bond acceptors (Lipinski definition) is 7. The number of benzene rings is 2. The van der Waals surface area contributed by atoms with Gasteiger partial charge in [-0.05, 0) is 49.7 Å². The highest BCUT2D eigenvalue weighted by molar-refractivity contribution is 6.32. The van der Waals surface area contributed by atoms with Gasteiger partial charge in [0.25, 0.3) is 5.91 Å². The fourth-order valence-electron chi connectivity index (χ4n) is 3.76. The zero-order valence-corrected chi connectivity index (χ0v) is 22.2. The molecule has 4 aromatic rings. The van der Waals surface area contributed by atoms with Crippen molar-refractivity contribution in [1.29, 1.82) is 0 Å². The van der Waals surface area contributed by atoms with Crippen LogP contribution in [-0.4, -0.2) is 51.8 Å². The first-order valence-corrected chi connectivity index (χ1v) is 12.1. The molecular formula is C27H29ClN6O3. The standard InChI is InChI=1S/C27H29ClN6O3/c1-17(2)34-16-20(13-30-34)25-22(28)14-29-27(32-25)31-23-10-9-19(12-24(23)37-5)26(35)33(3)15-18-7-6-8-21(11-18)36-4/h6-14,16-17H,15H2,1-5H3,(H,29,31,32). The van der Waals surface area contributed by atoms with E-state index in [1.54, 1.807) is 50.6 Å². The predicted octanol–water partition coefficient (Wildman–Crippen LogP) is 5.61. The molecule has 0 radical (unpaired) electrons. The summed E-state index contributed by atoms with van der Waals surface area (Å²) in [6, 6.07) is 13.0. The van der Waals surface area contributed by atoms with Gasteiger partial charge in [-0.2, -0.15) is 5.10 Å². The van der Waals surface area contributed by atoms with E-state index < -0.39 is 0 Å². The first-order chi connectivity index (χ1) is 17.8. The van der Waals surface area contributed by atoms with Crippen molar-refractivity contribution >= 4 is 29.1 Å². The highest BCUT2D eigenvalue weighted by Gasteiger charge is 2.17. The van der Waals surface area contributed by atoms with Crippen LogP contribution in [0.3, 0.4) is 0 Å². The monoisotopic (exact) mass is 520 g/mol. The molecule has 0 spiro atoms. The zero-order valence-electron chi connectivity index (χ0n) is 21.4. The Morgan fingerprint density at radius 1 is 1.14 bits per heavy atom. The summed E-state index contributed by atoms with van der Waals surface area (Å²) < 4.78 is 12.7. The smallest absolute Gasteiger partial charge is 0.254 e. The Morgan fingerprint density at radius 2 is 1.95 bits per heavy atom. The van der Waals surface area contributed by atoms with Crippen LogP contribution in [0.1, 0.15) is 35.8 Å². The summed E-state index contributed by atoms with van der Waals surface area (Å²) in [4.78, 5) is 23.6. The van der Waals surface area contributed by atoms with Crippen molar-refractivity contribution in [2.45, 2.75) is 26.4 Å². The maximum Gasteiger partial charge on any atom is 0.254 e. The second-order valence-electron chi connectivity index (χ2n) is 8.75. The highest BCUT2D eigenvalue weighted by Crippen LogP contribution is 2.31. The molecule has 0 saturated heterocycles. The van der Waals surface area contributed by atoms with Crippen LogP contribution in [0.4, 0.5) is 11.6 Å². The van der Waals surface area contributed by atoms with Gasteiger partial charge in [-0.3, -0.25) is 9.48 Å². The number of nitrogens with zero attached hydrogens (tertiary/aromatic N) is 5. The molecule has 37 heavy (non-hydrogen) atoms. The van der Waals surface area contributed by atoms with Gasteiger partial charge in [-0.25, -0.2) is 9.97 Å². The Balaban J connectivity index is 1.53. The van der Waals surface area contributed by atoms with Crippen molar-refractivity contribution in [2.24, 2.45) is 0 Å². The van der Waals surface area contributed by atoms with E-state index in [9.17, 15) is 4.79 Å². The number of ether oxygens (including phenoxy) is 2. The van der Waals surface area contributed by atoms with E-state index in [0.717, 1.165) is 16.9 Å². The molecule has 1 N–H and O–H groups in total. The molecule has 2 aromatic carbocycles. The summed E-state index contributed by atoms with van der Waals surface area (Å²) in [6.45, 7) is 4.53. The van der Waals surface area contributed by atoms with Crippen LogP contribution in [0.5, 0.6) is 11.5 Å². The van der Waals surface area contributed by atoms with Gasteiger partial charge in [-0.15, -0.1) is 0 Å². The zero-order chi connectivity index (χ0) is 26.5. The third-order valence-corrected chi connectivity index (χ3v) is 6.02. The van der Waals surface area contributed by atoms with E-state index in [0.29, 0.717) is 40.2 Å². The maximum atomic E-state index is 13.1. The van der Waals surface area contributed by atoms with Crippen LogP contribution in [0.15, 0.2) is 61.1 Å². The lowest BCUT2D eigenvalue weighted by atomic mass is 10.1. The Morgan fingerprint density at radius 3 is 2.65 bits per heavy atom. The van der Waals surface area contributed by atoms with Crippen LogP contribution in [0.2, 0.25) is 5.02 Å². The molecule has 10 heteroatoms. The summed E-state index contributed by atoms with van der Waals surface area (Å²) in [5.74, 6) is 1.43. The summed E-state index contributed by atoms with van der Waals surface area (Å²) in [6.07, 6.45) is 5.16. The van der Waals surface area contributed by atoms with Crippen LogP contribution in [0, 0.1) is 0 Å². The topological polar surface area (TPSA) is 94.4 Å². The number of aromatic nitrogens is 4. The van der Waals surface area contributed by atoms with Crippen LogP contribution in [0.25, 0.3) is 11.3 Å². The van der Waals surface area contributed by atoms with Crippen LogP contribution in [-0.2, 0) is 6.54 Å². The third kappa shape index (κ3) is 6.00. The number of halogens is 1. The average molecular weight is 521 g/mol. The number of carbonyl (C=O) groups is 1. The molecule has 0 fully saturated rings. The molecule has 1 amide bonds. The van der Waals surface area contributed by atoms with Gasteiger partial charge in [0.05, 0.1) is 43.0 Å². The van der Waals surface area contributed by atoms with E-state index in [4.69, 9.17) is 21.1 Å². The molecule has 0 aliphatic carbocycles. The van der Waals surface area contributed by atoms with Gasteiger partial charge in [0.2, 0.25) is 5.95 Å². The summed E-state index contributed by atoms with van der Waals surface area (Å²) in [7, 11) is 4.92. The van der Waals surface area contributed by atoms with Gasteiger partial charge < -0.3 is 19.7 Å². The lowest BCUT2D eigenvalue weighted by Gasteiger charge is -2.19. The van der Waals surface area contributed by atoms with Gasteiger partial charge in [0.1, 0.15) is 11.5 Å². The quantitative estimate of drug-likeness (QED) is 0.306. The Bertz CT molecular complexity index is 1400. The van der Waals surface area contributed by atoms with E-state index >= 15 is 0 Å². The predicted molar refractivity (Wildman–Crippen MR) is 144 cm³/mol. The van der Waals surface area contributed by atoms with E-state index in [-0.39, 0.29) is 11.9 Å². The maximum absolute atomic E-state index is 13.1. The van der Waals surface area contributed by atoms with Crippen molar-refractivity contribution in [3.63, 3.8) is 0 Å². The fourth-order valence-corrected chi connectivity index (χ4v) is 3.96. The summed E-state index contributed by atoms with van der Waals surface area (Å²) in [5.41, 5.74) is 3.43. The van der Waals surface area contributed by atoms with Gasteiger partial charge >= 0.3 is 0 Å². The molecule has 192 valence electrons. The molecule has 2 aromatic heterocycles. The van der Waals surface area contributed by atoms with E-state index in [2.05, 4.69) is 20.4 Å². The van der Waals surface area contributed by atoms with Gasteiger partial charge in [0.15, 0.2) is 0 Å². The lowest BCUT2D eigenvalue weighted by molar-refractivity contribution is 0.0784. The Labute approximate surface area is 221 Å². The van der Waals surface area contributed by atoms with E-state index in [1.807, 2.05) is 49.0 Å². The second-order valence-corrected chi connectivity index (χ2v) is 9.15. The number of hydrogen-bond donors (Lipinski definition) is 1. The number of amides is 1. The second kappa shape index (κ2) is 11.3. The SMILES string of the molecule is COc1cccc(CN(C)C(=O)c2ccc(Nc3ncc(Cl)c(-c4cnn(C(C)C)c4)n3)c(OC)c2)c1. The number of methoxy groups -OCH3 is 2. The lowest BCUT2D eigenvalue weighted by Crippen LogP contribution is -2.26. The number of anilines is 2. The number of rotatable bonds is 9. The first-order valence-electron chi connectivity index (χ1n) is 11.7. The van der Waals surface area contributed by atoms with Gasteiger partial charge in [-0.1, -0.05) is 23.7 Å². The Hall–Kier alpha value is -4.11. The first kappa shape index (κ1) is 26.0. The largest absolute Gasteiger partial charge is 0.497 e. The van der Waals surface area contributed by atoms with Gasteiger partial charge in [0, 0.05) is 37.0 Å². The fraction of sp³-hybridized carbons (Fsp3) is 0.259. The molecule has 0 saturated carbocycles. The molecule has 0 bridgehead atoms. The average Bonchev–Trinajstić information content (AvgIpc) is 3.40. The van der Waals surface area contributed by atoms with Crippen LogP contribution < -0.4 is 14.8 Å². The minimum Gasteiger partial charge on any atom is -0.497 e. The molecule has 0 unspecified atom stereocenters. The third-order valence-electron chi connectivity index (χ3n) is 5.74. The molecule has 2 heterocycles. The Kier molecular flexibility index (Phi) is 7.93. The summed E-state index contributed by atoms with van der Waals surface area (Å²) in [5, 5.41) is 7.95. The summed E-state index contributed by atoms with van der Waals surface area (Å²) >= 11 is 6.38. The molecule has 9 nitrogen and oxygen atoms in total. The van der Waals surface area contributed by atoms with Crippen molar-refractivity contribution < 1.29 is 14.3 Å². The molecular weight excluding hydrogens is 492 g/mol. The number of nitrogens with one attached hydrogen (secondary N) is 1. The minimum absolute atomic E-state index is 0.139. The van der Waals surface area contributed by atoms with Crippen molar-refractivity contribution in [3.05, 3.63) is 77.2 Å². The molecule has 4 rings (SSSR count).